The number of aliphatic hydroxyl groups is 12. The van der Waals surface area contributed by atoms with Gasteiger partial charge in [-0.25, -0.2) is 14.4 Å². The molecule has 3 aliphatic heterocycles. The maximum atomic E-state index is 13.9. The number of hydrogen-bond donors (Lipinski definition) is 13. The Morgan fingerprint density at radius 3 is 1.70 bits per heavy atom. The van der Waals surface area contributed by atoms with Crippen LogP contribution in [0.3, 0.4) is 0 Å². The number of carboxylic acids is 1. The number of rotatable bonds is 15. The van der Waals surface area contributed by atoms with Gasteiger partial charge in [-0.3, -0.25) is 0 Å². The van der Waals surface area contributed by atoms with Gasteiger partial charge in [0, 0.05) is 27.4 Å². The lowest BCUT2D eigenvalue weighted by Crippen LogP contribution is -2.76. The van der Waals surface area contributed by atoms with Gasteiger partial charge in [-0.1, -0.05) is 65.3 Å². The van der Waals surface area contributed by atoms with Crippen LogP contribution in [0.2, 0.25) is 0 Å². The molecule has 81 heavy (non-hydrogen) atoms. The van der Waals surface area contributed by atoms with Crippen molar-refractivity contribution in [2.24, 2.45) is 50.2 Å². The first-order chi connectivity index (χ1) is 37.9. The molecule has 0 bridgehead atoms. The monoisotopic (exact) mass is 1160 g/mol. The van der Waals surface area contributed by atoms with Crippen molar-refractivity contribution in [3.63, 3.8) is 0 Å². The third-order valence-corrected chi connectivity index (χ3v) is 21.5. The van der Waals surface area contributed by atoms with Crippen molar-refractivity contribution in [2.75, 3.05) is 26.4 Å². The van der Waals surface area contributed by atoms with E-state index >= 15 is 0 Å². The normalized spacial score (nSPS) is 49.8. The SMILES string of the molecule is CC=C(C)C(=O)O[C@H]1[C@H](OC(=O)C(C)=CC)[C@@]2(CO)C(CC1(C)C)C1=CCC3[C@@]4(C)CC[C@H](O[C@@H]5OC(C(=O)O)[C@@H](O)[C@@H](O[C@@H]6O[C@@H](CO)C(O)[C@@H]6O)C5O[C@@H]5OC(CO)[C@@H](O)[C@@H](O)C5O)C(C)(CO)C4CC[C@@]3(C)[C@]1(C)[C@@H](O)[C@H]2O. The average Bonchev–Trinajstić information content (AvgIpc) is 1.99. The second-order valence-corrected chi connectivity index (χ2v) is 25.9. The van der Waals surface area contributed by atoms with Crippen LogP contribution in [0.4, 0.5) is 0 Å². The molecule has 13 N–H and O–H groups in total. The third-order valence-electron chi connectivity index (χ3n) is 21.5. The molecule has 0 spiro atoms. The number of aliphatic hydroxyl groups excluding tert-OH is 12. The molecule has 24 nitrogen and oxygen atoms in total. The fourth-order valence-electron chi connectivity index (χ4n) is 16.2. The Hall–Kier alpha value is -3.09. The van der Waals surface area contributed by atoms with E-state index in [0.717, 1.165) is 5.57 Å². The van der Waals surface area contributed by atoms with Crippen LogP contribution < -0.4 is 0 Å². The van der Waals surface area contributed by atoms with Gasteiger partial charge in [0.1, 0.15) is 67.1 Å². The van der Waals surface area contributed by atoms with Crippen LogP contribution in [0.5, 0.6) is 0 Å². The van der Waals surface area contributed by atoms with Crippen LogP contribution in [0.15, 0.2) is 34.9 Å². The smallest absolute Gasteiger partial charge is 0.335 e. The molecular formula is C57H88O24. The molecule has 4 saturated carbocycles. The van der Waals surface area contributed by atoms with E-state index in [1.54, 1.807) is 39.8 Å². The molecule has 3 saturated heterocycles. The molecule has 0 aromatic carbocycles. The molecule has 5 aliphatic carbocycles. The summed E-state index contributed by atoms with van der Waals surface area (Å²) >= 11 is 0. The van der Waals surface area contributed by atoms with Crippen LogP contribution in [-0.4, -0.2) is 227 Å². The van der Waals surface area contributed by atoms with Gasteiger partial charge in [-0.15, -0.1) is 0 Å². The molecule has 460 valence electrons. The minimum Gasteiger partial charge on any atom is -0.479 e. The summed E-state index contributed by atoms with van der Waals surface area (Å²) in [6.45, 7) is 15.3. The lowest BCUT2D eigenvalue weighted by molar-refractivity contribution is -0.387. The number of fused-ring (bicyclic) bond motifs is 7. The van der Waals surface area contributed by atoms with E-state index in [4.69, 9.17) is 37.9 Å². The molecular weight excluding hydrogens is 1070 g/mol. The summed E-state index contributed by atoms with van der Waals surface area (Å²) in [5, 5.41) is 146. The van der Waals surface area contributed by atoms with Gasteiger partial charge in [-0.2, -0.15) is 0 Å². The first kappa shape index (κ1) is 63.9. The molecule has 9 unspecified atom stereocenters. The Bertz CT molecular complexity index is 2410. The van der Waals surface area contributed by atoms with Gasteiger partial charge in [-0.05, 0) is 94.8 Å². The number of carbonyl (C=O) groups excluding carboxylic acids is 2. The van der Waals surface area contributed by atoms with Crippen molar-refractivity contribution in [1.82, 2.24) is 0 Å². The second-order valence-electron chi connectivity index (χ2n) is 25.9. The summed E-state index contributed by atoms with van der Waals surface area (Å²) in [6, 6.07) is 0. The van der Waals surface area contributed by atoms with Gasteiger partial charge in [0.15, 0.2) is 31.1 Å². The third kappa shape index (κ3) is 9.98. The molecule has 3 heterocycles. The van der Waals surface area contributed by atoms with Gasteiger partial charge in [0.25, 0.3) is 0 Å². The van der Waals surface area contributed by atoms with E-state index < -0.39 is 205 Å². The van der Waals surface area contributed by atoms with Crippen LogP contribution in [0.25, 0.3) is 0 Å². The maximum absolute atomic E-state index is 13.9. The zero-order valence-electron chi connectivity index (χ0n) is 47.8. The summed E-state index contributed by atoms with van der Waals surface area (Å²) in [4.78, 5) is 40.4. The topological polar surface area (TPSA) is 388 Å². The zero-order valence-corrected chi connectivity index (χ0v) is 47.8. The minimum atomic E-state index is -2.18. The zero-order chi connectivity index (χ0) is 60.0. The molecule has 8 aliphatic rings. The number of aliphatic carboxylic acids is 1. The lowest BCUT2D eigenvalue weighted by atomic mass is 9.32. The molecule has 0 amide bonds. The van der Waals surface area contributed by atoms with E-state index in [9.17, 15) is 80.8 Å². The van der Waals surface area contributed by atoms with E-state index in [1.807, 2.05) is 27.7 Å². The molecule has 0 radical (unpaired) electrons. The standard InChI is InChI=1S/C57H88O24/c1-11-24(3)47(72)80-44-45(81-48(73)25(4)12-2)57(23-61)27(19-52(44,5)6)26-13-14-31-53(7)17-16-32(54(8,22-60)30(53)15-18-55(31,9)56(26,10)42(68)43(57)69)76-51-41(79-50-37(66)35(64)33(62)28(20-58)74-50)39(38(67)40(78-51)46(70)71)77-49-36(65)34(63)29(21-59)75-49/h11-13,27-45,49-51,58-69H,14-23H2,1-10H3,(H,70,71)/t27?,28?,29-,30?,31?,32-,33+,34?,35+,36-,37?,38-,39+,40?,41?,42-,43+,44-,45-,49-,50-,51+,53-,54?,55+,56-,57-/m0/s1. The first-order valence-electron chi connectivity index (χ1n) is 28.3. The number of hydrogen-bond acceptors (Lipinski definition) is 23. The van der Waals surface area contributed by atoms with Crippen molar-refractivity contribution in [1.29, 1.82) is 0 Å². The highest BCUT2D eigenvalue weighted by Gasteiger charge is 2.77. The largest absolute Gasteiger partial charge is 0.479 e. The number of carbonyl (C=O) groups is 3. The summed E-state index contributed by atoms with van der Waals surface area (Å²) in [5.74, 6) is -4.48. The molecule has 0 aromatic rings. The van der Waals surface area contributed by atoms with E-state index in [2.05, 4.69) is 19.9 Å². The Balaban J connectivity index is 1.15. The Kier molecular flexibility index (Phi) is 18.4. The number of carboxylic acid groups (broad SMARTS) is 1. The highest BCUT2D eigenvalue weighted by Crippen LogP contribution is 2.76. The summed E-state index contributed by atoms with van der Waals surface area (Å²) in [5.41, 5.74) is -5.25. The summed E-state index contributed by atoms with van der Waals surface area (Å²) in [7, 11) is 0. The van der Waals surface area contributed by atoms with Crippen molar-refractivity contribution in [2.45, 2.75) is 224 Å². The van der Waals surface area contributed by atoms with E-state index in [1.165, 1.54) is 0 Å². The van der Waals surface area contributed by atoms with Crippen molar-refractivity contribution < 1.29 is 119 Å². The predicted molar refractivity (Wildman–Crippen MR) is 278 cm³/mol. The quantitative estimate of drug-likeness (QED) is 0.0415. The van der Waals surface area contributed by atoms with Crippen LogP contribution in [-0.2, 0) is 52.3 Å². The van der Waals surface area contributed by atoms with Crippen LogP contribution >= 0.6 is 0 Å². The Morgan fingerprint density at radius 2 is 1.17 bits per heavy atom. The lowest BCUT2D eigenvalue weighted by Gasteiger charge is -2.73. The number of allylic oxidation sites excluding steroid dienone is 3. The van der Waals surface area contributed by atoms with Crippen molar-refractivity contribution in [3.05, 3.63) is 34.9 Å². The first-order valence-corrected chi connectivity index (χ1v) is 28.3. The predicted octanol–water partition coefficient (Wildman–Crippen LogP) is -0.765. The van der Waals surface area contributed by atoms with Gasteiger partial charge in [0.2, 0.25) is 0 Å². The molecule has 8 rings (SSSR count). The minimum absolute atomic E-state index is 0.165. The van der Waals surface area contributed by atoms with Crippen molar-refractivity contribution in [3.8, 4) is 0 Å². The van der Waals surface area contributed by atoms with E-state index in [0.29, 0.717) is 31.3 Å². The molecule has 7 fully saturated rings. The molecule has 0 aromatic heterocycles. The average molecular weight is 1160 g/mol. The number of esters is 2. The van der Waals surface area contributed by atoms with Crippen LogP contribution in [0, 0.1) is 50.2 Å². The summed E-state index contributed by atoms with van der Waals surface area (Å²) < 4.78 is 48.8. The number of ether oxygens (including phenoxy) is 8. The highest BCUT2D eigenvalue weighted by atomic mass is 16.8. The van der Waals surface area contributed by atoms with Gasteiger partial charge < -0.3 is 104 Å². The second kappa shape index (κ2) is 23.3. The fraction of sp³-hybridized carbons (Fsp3) is 0.842. The Labute approximate surface area is 471 Å². The van der Waals surface area contributed by atoms with Gasteiger partial charge in [0.05, 0.1) is 50.2 Å². The fourth-order valence-corrected chi connectivity index (χ4v) is 16.2. The highest BCUT2D eigenvalue weighted by molar-refractivity contribution is 5.89. The Morgan fingerprint density at radius 1 is 0.630 bits per heavy atom. The molecule has 24 heteroatoms. The van der Waals surface area contributed by atoms with Crippen molar-refractivity contribution >= 4 is 17.9 Å². The van der Waals surface area contributed by atoms with E-state index in [-0.39, 0.29) is 24.3 Å². The summed E-state index contributed by atoms with van der Waals surface area (Å²) in [6.07, 6.45) is -25.7. The van der Waals surface area contributed by atoms with Crippen LogP contribution in [0.1, 0.15) is 108 Å². The van der Waals surface area contributed by atoms with Gasteiger partial charge >= 0.3 is 17.9 Å². The molecule has 27 atom stereocenters. The maximum Gasteiger partial charge on any atom is 0.335 e.